The number of esters is 1. The Morgan fingerprint density at radius 2 is 1.79 bits per heavy atom. The number of ether oxygens (including phenoxy) is 3. The van der Waals surface area contributed by atoms with E-state index < -0.39 is 55.0 Å². The first-order chi connectivity index (χ1) is 28.0. The van der Waals surface area contributed by atoms with Crippen molar-refractivity contribution >= 4 is 31.6 Å². The number of hydrogen-bond donors (Lipinski definition) is 0. The number of halogens is 3. The molecule has 12 nitrogen and oxygen atoms in total. The maximum atomic E-state index is 16.0. The number of hydrogen-bond acceptors (Lipinski definition) is 12. The predicted molar refractivity (Wildman–Crippen MR) is 210 cm³/mol. The minimum atomic E-state index is -4.13. The fraction of sp³-hybridized carbons (Fsp3) is 0.268. The maximum absolute atomic E-state index is 16.0. The van der Waals surface area contributed by atoms with E-state index in [1.807, 2.05) is 6.07 Å². The van der Waals surface area contributed by atoms with Crippen molar-refractivity contribution in [2.75, 3.05) is 26.4 Å². The quantitative estimate of drug-likeness (QED) is 0.0365. The largest absolute Gasteiger partial charge is 0.475 e. The van der Waals surface area contributed by atoms with Crippen LogP contribution in [0.25, 0.3) is 6.08 Å². The van der Waals surface area contributed by atoms with Crippen molar-refractivity contribution < 1.29 is 50.3 Å². The Morgan fingerprint density at radius 3 is 2.45 bits per heavy atom. The number of aromatic nitrogens is 3. The molecule has 0 amide bonds. The third-order valence-corrected chi connectivity index (χ3v) is 11.4. The summed E-state index contributed by atoms with van der Waals surface area (Å²) in [6.45, 7) is 8.26. The van der Waals surface area contributed by atoms with Gasteiger partial charge in [-0.2, -0.15) is 10.4 Å². The highest BCUT2D eigenvalue weighted by molar-refractivity contribution is 8.00. The molecule has 0 saturated carbocycles. The predicted octanol–water partition coefficient (Wildman–Crippen LogP) is 8.48. The summed E-state index contributed by atoms with van der Waals surface area (Å²) in [5.74, 6) is -3.23. The van der Waals surface area contributed by atoms with E-state index in [0.717, 1.165) is 12.1 Å². The summed E-state index contributed by atoms with van der Waals surface area (Å²) >= 11 is 1.30. The zero-order valence-corrected chi connectivity index (χ0v) is 33.0. The summed E-state index contributed by atoms with van der Waals surface area (Å²) in [5.41, 5.74) is -1.21. The van der Waals surface area contributed by atoms with E-state index in [2.05, 4.69) is 23.2 Å². The molecule has 17 heteroatoms. The highest BCUT2D eigenvalue weighted by Gasteiger charge is 2.47. The Labute approximate surface area is 338 Å². The zero-order valence-electron chi connectivity index (χ0n) is 31.3. The molecule has 0 N–H and O–H groups in total. The first-order valence-electron chi connectivity index (χ1n) is 17.8. The van der Waals surface area contributed by atoms with Gasteiger partial charge in [0.2, 0.25) is 0 Å². The minimum absolute atomic E-state index is 0.000825. The van der Waals surface area contributed by atoms with Gasteiger partial charge in [0.1, 0.15) is 30.1 Å². The molecule has 304 valence electrons. The topological polar surface area (TPSA) is 144 Å². The number of rotatable bonds is 20. The molecule has 2 unspecified atom stereocenters. The molecule has 1 saturated heterocycles. The summed E-state index contributed by atoms with van der Waals surface area (Å²) in [6.07, 6.45) is 11.1. The number of nitriles is 1. The van der Waals surface area contributed by atoms with Gasteiger partial charge in [0.25, 0.3) is 0 Å². The smallest absolute Gasteiger partial charge is 0.447 e. The highest BCUT2D eigenvalue weighted by Crippen LogP contribution is 2.50. The lowest BCUT2D eigenvalue weighted by atomic mass is 9.89. The van der Waals surface area contributed by atoms with Gasteiger partial charge in [0, 0.05) is 22.4 Å². The molecule has 1 aromatic heterocycles. The summed E-state index contributed by atoms with van der Waals surface area (Å²) in [7, 11) is -4.13. The van der Waals surface area contributed by atoms with Crippen LogP contribution in [0.4, 0.5) is 13.2 Å². The molecule has 0 aliphatic carbocycles. The Balaban J connectivity index is 1.38. The van der Waals surface area contributed by atoms with Crippen molar-refractivity contribution in [3.63, 3.8) is 0 Å². The molecule has 4 aromatic rings. The molecule has 0 bridgehead atoms. The number of benzene rings is 3. The molecule has 5 rings (SSSR count). The first kappa shape index (κ1) is 44.0. The number of allylic oxidation sites excluding steroid dienone is 2. The molecular formula is C41H40F3N4O8PS. The van der Waals surface area contributed by atoms with Crippen LogP contribution in [0.3, 0.4) is 0 Å². The lowest BCUT2D eigenvalue weighted by Gasteiger charge is -2.40. The second-order valence-corrected chi connectivity index (χ2v) is 15.9. The van der Waals surface area contributed by atoms with Crippen LogP contribution in [0.15, 0.2) is 117 Å². The number of carbonyl (C=O) groups excluding carboxylic acids is 1. The van der Waals surface area contributed by atoms with Crippen LogP contribution < -0.4 is 0 Å². The fourth-order valence-corrected chi connectivity index (χ4v) is 8.20. The molecule has 2 heterocycles. The van der Waals surface area contributed by atoms with Crippen LogP contribution in [0.5, 0.6) is 0 Å². The zero-order chi connectivity index (χ0) is 41.5. The van der Waals surface area contributed by atoms with Crippen LogP contribution >= 0.6 is 19.6 Å². The Morgan fingerprint density at radius 1 is 1.05 bits per heavy atom. The van der Waals surface area contributed by atoms with E-state index >= 15 is 4.39 Å². The average Bonchev–Trinajstić information content (AvgIpc) is 3.74. The van der Waals surface area contributed by atoms with E-state index in [4.69, 9.17) is 33.0 Å². The Kier molecular flexibility index (Phi) is 16.0. The summed E-state index contributed by atoms with van der Waals surface area (Å²) in [6, 6.07) is 15.3. The normalized spacial score (nSPS) is 17.4. The highest BCUT2D eigenvalue weighted by atomic mass is 32.2. The van der Waals surface area contributed by atoms with Crippen molar-refractivity contribution in [2.45, 2.75) is 42.5 Å². The molecule has 0 radical (unpaired) electrons. The number of carbonyl (C=O) groups is 1. The van der Waals surface area contributed by atoms with Crippen molar-refractivity contribution in [3.8, 4) is 6.07 Å². The molecule has 1 fully saturated rings. The second-order valence-electron chi connectivity index (χ2n) is 12.6. The Hall–Kier alpha value is -5.11. The van der Waals surface area contributed by atoms with Gasteiger partial charge in [0.15, 0.2) is 11.9 Å². The average molecular weight is 837 g/mol. The summed E-state index contributed by atoms with van der Waals surface area (Å²) < 4.78 is 93.6. The van der Waals surface area contributed by atoms with Crippen LogP contribution in [0.1, 0.15) is 39.5 Å². The number of phosphoric ester groups is 1. The monoisotopic (exact) mass is 836 g/mol. The van der Waals surface area contributed by atoms with Gasteiger partial charge < -0.3 is 14.2 Å². The van der Waals surface area contributed by atoms with Crippen molar-refractivity contribution in [1.29, 1.82) is 5.26 Å². The summed E-state index contributed by atoms with van der Waals surface area (Å²) in [5, 5.41) is 12.0. The van der Waals surface area contributed by atoms with E-state index in [1.54, 1.807) is 49.4 Å². The number of thioether (sulfide) groups is 1. The van der Waals surface area contributed by atoms with Crippen molar-refractivity contribution in [1.82, 2.24) is 14.8 Å². The van der Waals surface area contributed by atoms with Gasteiger partial charge in [-0.05, 0) is 48.9 Å². The lowest BCUT2D eigenvalue weighted by molar-refractivity contribution is -0.146. The second kappa shape index (κ2) is 21.1. The van der Waals surface area contributed by atoms with E-state index in [0.29, 0.717) is 11.6 Å². The van der Waals surface area contributed by atoms with Gasteiger partial charge in [-0.25, -0.2) is 32.2 Å². The standard InChI is InChI=1S/C41H40F3N4O8PS/c1-4-18-53-57(50,54-19-5-2)55-23-32-11-6-8-12-35(32)40(49)56-41(26-48-28-46-27-47-48,36-17-16-33(42)21-38(36)44)29(3)58-34-24-51-39(52-25-34)13-9-7-10-31-15-14-30(22-45)20-37(31)43/h4-17,20-21,27-29,34,39H,1-2,18-19,23-26H2,3H3. The number of nitrogens with zero attached hydrogens (tertiary/aromatic N) is 4. The van der Waals surface area contributed by atoms with Crippen LogP contribution in [0, 0.1) is 28.8 Å². The third kappa shape index (κ3) is 11.7. The molecule has 58 heavy (non-hydrogen) atoms. The van der Waals surface area contributed by atoms with E-state index in [9.17, 15) is 18.1 Å². The Bertz CT molecular complexity index is 2180. The van der Waals surface area contributed by atoms with Gasteiger partial charge in [0.05, 0.1) is 62.0 Å². The summed E-state index contributed by atoms with van der Waals surface area (Å²) in [4.78, 5) is 18.4. The molecule has 2 atom stereocenters. The van der Waals surface area contributed by atoms with Gasteiger partial charge in [-0.3, -0.25) is 13.6 Å². The molecule has 1 aliphatic rings. The van der Waals surface area contributed by atoms with Crippen LogP contribution in [-0.2, 0) is 51.1 Å². The molecule has 3 aromatic carbocycles. The number of phosphoric acid groups is 1. The maximum Gasteiger partial charge on any atom is 0.475 e. The van der Waals surface area contributed by atoms with Gasteiger partial charge >= 0.3 is 13.8 Å². The van der Waals surface area contributed by atoms with E-state index in [1.165, 1.54) is 65.5 Å². The van der Waals surface area contributed by atoms with Crippen LogP contribution in [-0.4, -0.2) is 64.0 Å². The van der Waals surface area contributed by atoms with Gasteiger partial charge in [-0.1, -0.05) is 54.6 Å². The lowest BCUT2D eigenvalue weighted by Crippen LogP contribution is -2.47. The van der Waals surface area contributed by atoms with Gasteiger partial charge in [-0.15, -0.1) is 24.9 Å². The minimum Gasteiger partial charge on any atom is -0.447 e. The van der Waals surface area contributed by atoms with Crippen molar-refractivity contribution in [2.24, 2.45) is 0 Å². The van der Waals surface area contributed by atoms with E-state index in [-0.39, 0.29) is 60.5 Å². The first-order valence-corrected chi connectivity index (χ1v) is 20.2. The fourth-order valence-electron chi connectivity index (χ4n) is 5.74. The molecule has 1 aliphatic heterocycles. The molecule has 0 spiro atoms. The van der Waals surface area contributed by atoms with Crippen molar-refractivity contribution in [3.05, 3.63) is 162 Å². The van der Waals surface area contributed by atoms with Crippen LogP contribution in [0.2, 0.25) is 0 Å². The third-order valence-electron chi connectivity index (χ3n) is 8.57. The SMILES string of the molecule is C=CCOP(=O)(OCC=C)OCc1ccccc1C(=O)OC(Cn1cncn1)(c1ccc(F)cc1F)C(C)SC1COC(C=CC=Cc2ccc(C#N)cc2F)OC1. The molecular weight excluding hydrogens is 797 g/mol.